The molecule has 0 aliphatic heterocycles. The molecule has 0 aromatic heterocycles. The fourth-order valence-electron chi connectivity index (χ4n) is 2.71. The van der Waals surface area contributed by atoms with Gasteiger partial charge in [-0.25, -0.2) is 0 Å². The molecule has 110 valence electrons. The van der Waals surface area contributed by atoms with Crippen molar-refractivity contribution in [2.24, 2.45) is 5.92 Å². The first-order chi connectivity index (χ1) is 9.60. The van der Waals surface area contributed by atoms with E-state index in [9.17, 15) is 4.79 Å². The summed E-state index contributed by atoms with van der Waals surface area (Å²) in [6, 6.07) is 6.31. The van der Waals surface area contributed by atoms with Crippen LogP contribution in [0.5, 0.6) is 0 Å². The summed E-state index contributed by atoms with van der Waals surface area (Å²) in [5.41, 5.74) is 2.10. The molecule has 1 fully saturated rings. The van der Waals surface area contributed by atoms with Crippen molar-refractivity contribution in [3.8, 4) is 0 Å². The van der Waals surface area contributed by atoms with E-state index in [0.717, 1.165) is 42.0 Å². The van der Waals surface area contributed by atoms with Crippen LogP contribution in [0.1, 0.15) is 38.2 Å². The Labute approximate surface area is 125 Å². The van der Waals surface area contributed by atoms with Crippen LogP contribution in [0.2, 0.25) is 5.02 Å². The average Bonchev–Trinajstić information content (AvgIpc) is 2.43. The van der Waals surface area contributed by atoms with E-state index < -0.39 is 0 Å². The lowest BCUT2D eigenvalue weighted by Gasteiger charge is -2.29. The van der Waals surface area contributed by atoms with E-state index in [1.54, 1.807) is 0 Å². The summed E-state index contributed by atoms with van der Waals surface area (Å²) in [5.74, 6) is -0.0249. The van der Waals surface area contributed by atoms with E-state index in [4.69, 9.17) is 16.3 Å². The van der Waals surface area contributed by atoms with Crippen molar-refractivity contribution in [2.75, 3.05) is 11.9 Å². The molecular formula is C16H22ClNO2. The molecule has 0 saturated heterocycles. The average molecular weight is 296 g/mol. The minimum atomic E-state index is -0.0547. The zero-order valence-corrected chi connectivity index (χ0v) is 12.9. The number of carbonyl (C=O) groups is 1. The van der Waals surface area contributed by atoms with E-state index in [1.165, 1.54) is 0 Å². The van der Waals surface area contributed by atoms with Crippen LogP contribution >= 0.6 is 11.6 Å². The smallest absolute Gasteiger partial charge is 0.308 e. The highest BCUT2D eigenvalue weighted by molar-refractivity contribution is 6.31. The zero-order chi connectivity index (χ0) is 14.5. The molecular weight excluding hydrogens is 274 g/mol. The number of hydrogen-bond donors (Lipinski definition) is 1. The van der Waals surface area contributed by atoms with Crippen molar-refractivity contribution >= 4 is 23.3 Å². The van der Waals surface area contributed by atoms with E-state index in [2.05, 4.69) is 5.32 Å². The lowest BCUT2D eigenvalue weighted by molar-refractivity contribution is -0.149. The van der Waals surface area contributed by atoms with Crippen LogP contribution in [0.15, 0.2) is 18.2 Å². The van der Waals surface area contributed by atoms with Crippen LogP contribution in [0.3, 0.4) is 0 Å². The van der Waals surface area contributed by atoms with Gasteiger partial charge in [-0.1, -0.05) is 24.1 Å². The molecule has 4 heteroatoms. The summed E-state index contributed by atoms with van der Waals surface area (Å²) in [7, 11) is 0. The van der Waals surface area contributed by atoms with Crippen molar-refractivity contribution < 1.29 is 9.53 Å². The van der Waals surface area contributed by atoms with Gasteiger partial charge >= 0.3 is 5.97 Å². The fourth-order valence-corrected chi connectivity index (χ4v) is 2.89. The largest absolute Gasteiger partial charge is 0.466 e. The van der Waals surface area contributed by atoms with Crippen molar-refractivity contribution in [3.63, 3.8) is 0 Å². The number of ether oxygens (including phenoxy) is 1. The second kappa shape index (κ2) is 6.98. The maximum absolute atomic E-state index is 11.8. The van der Waals surface area contributed by atoms with E-state index in [1.807, 2.05) is 32.0 Å². The molecule has 2 unspecified atom stereocenters. The second-order valence-corrected chi connectivity index (χ2v) is 5.83. The van der Waals surface area contributed by atoms with Crippen molar-refractivity contribution in [1.29, 1.82) is 0 Å². The molecule has 1 N–H and O–H groups in total. The van der Waals surface area contributed by atoms with Crippen LogP contribution in [-0.2, 0) is 9.53 Å². The Kier molecular flexibility index (Phi) is 5.30. The first-order valence-electron chi connectivity index (χ1n) is 7.29. The molecule has 3 nitrogen and oxygen atoms in total. The predicted octanol–water partition coefficient (Wildman–Crippen LogP) is 4.18. The monoisotopic (exact) mass is 295 g/mol. The number of aryl methyl sites for hydroxylation is 1. The van der Waals surface area contributed by atoms with E-state index >= 15 is 0 Å². The Hall–Kier alpha value is -1.22. The van der Waals surface area contributed by atoms with Gasteiger partial charge in [0.25, 0.3) is 0 Å². The van der Waals surface area contributed by atoms with E-state index in [-0.39, 0.29) is 11.9 Å². The molecule has 1 aromatic rings. The molecule has 2 atom stereocenters. The SMILES string of the molecule is CCOC(=O)C1CCCC(Nc2ccc(C)c(Cl)c2)C1. The van der Waals surface area contributed by atoms with Gasteiger partial charge in [0.2, 0.25) is 0 Å². The molecule has 1 aliphatic carbocycles. The maximum atomic E-state index is 11.8. The van der Waals surface area contributed by atoms with Gasteiger partial charge in [0, 0.05) is 16.8 Å². The Balaban J connectivity index is 1.95. The summed E-state index contributed by atoms with van der Waals surface area (Å²) >= 11 is 6.14. The van der Waals surface area contributed by atoms with Gasteiger partial charge in [0.15, 0.2) is 0 Å². The Bertz CT molecular complexity index is 476. The molecule has 1 saturated carbocycles. The van der Waals surface area contributed by atoms with Crippen LogP contribution < -0.4 is 5.32 Å². The number of hydrogen-bond acceptors (Lipinski definition) is 3. The quantitative estimate of drug-likeness (QED) is 0.847. The topological polar surface area (TPSA) is 38.3 Å². The predicted molar refractivity (Wildman–Crippen MR) is 82.2 cm³/mol. The molecule has 0 amide bonds. The molecule has 1 aliphatic rings. The first kappa shape index (κ1) is 15.2. The number of benzene rings is 1. The van der Waals surface area contributed by atoms with Crippen LogP contribution in [0.4, 0.5) is 5.69 Å². The number of nitrogens with one attached hydrogen (secondary N) is 1. The van der Waals surface area contributed by atoms with Gasteiger partial charge < -0.3 is 10.1 Å². The number of rotatable bonds is 4. The summed E-state index contributed by atoms with van der Waals surface area (Å²) in [4.78, 5) is 11.8. The molecule has 0 bridgehead atoms. The maximum Gasteiger partial charge on any atom is 0.308 e. The van der Waals surface area contributed by atoms with E-state index in [0.29, 0.717) is 12.6 Å². The highest BCUT2D eigenvalue weighted by Gasteiger charge is 2.28. The van der Waals surface area contributed by atoms with Gasteiger partial charge in [0.1, 0.15) is 0 Å². The minimum absolute atomic E-state index is 0.0297. The Morgan fingerprint density at radius 1 is 1.45 bits per heavy atom. The van der Waals surface area contributed by atoms with Crippen molar-refractivity contribution in [2.45, 2.75) is 45.6 Å². The second-order valence-electron chi connectivity index (χ2n) is 5.42. The Morgan fingerprint density at radius 2 is 2.25 bits per heavy atom. The van der Waals surface area contributed by atoms with Crippen LogP contribution in [-0.4, -0.2) is 18.6 Å². The van der Waals surface area contributed by atoms with Crippen molar-refractivity contribution in [1.82, 2.24) is 0 Å². The first-order valence-corrected chi connectivity index (χ1v) is 7.67. The lowest BCUT2D eigenvalue weighted by Crippen LogP contribution is -2.32. The lowest BCUT2D eigenvalue weighted by atomic mass is 9.85. The molecule has 0 radical (unpaired) electrons. The van der Waals surface area contributed by atoms with Gasteiger partial charge in [-0.3, -0.25) is 4.79 Å². The number of carbonyl (C=O) groups excluding carboxylic acids is 1. The van der Waals surface area contributed by atoms with Gasteiger partial charge in [0.05, 0.1) is 12.5 Å². The zero-order valence-electron chi connectivity index (χ0n) is 12.1. The normalized spacial score (nSPS) is 22.4. The van der Waals surface area contributed by atoms with Gasteiger partial charge in [-0.2, -0.15) is 0 Å². The number of halogens is 1. The third-order valence-corrected chi connectivity index (χ3v) is 4.24. The standard InChI is InChI=1S/C16H22ClNO2/c1-3-20-16(19)12-5-4-6-13(9-12)18-14-8-7-11(2)15(17)10-14/h7-8,10,12-13,18H,3-6,9H2,1-2H3. The van der Waals surface area contributed by atoms with Gasteiger partial charge in [-0.05, 0) is 50.8 Å². The Morgan fingerprint density at radius 3 is 2.95 bits per heavy atom. The van der Waals surface area contributed by atoms with Crippen LogP contribution in [0, 0.1) is 12.8 Å². The fraction of sp³-hybridized carbons (Fsp3) is 0.562. The molecule has 20 heavy (non-hydrogen) atoms. The highest BCUT2D eigenvalue weighted by atomic mass is 35.5. The number of esters is 1. The molecule has 1 aromatic carbocycles. The third-order valence-electron chi connectivity index (χ3n) is 3.84. The molecule has 0 heterocycles. The molecule has 2 rings (SSSR count). The summed E-state index contributed by atoms with van der Waals surface area (Å²) in [6.45, 7) is 4.30. The third kappa shape index (κ3) is 3.89. The minimum Gasteiger partial charge on any atom is -0.466 e. The summed E-state index contributed by atoms with van der Waals surface area (Å²) in [5, 5.41) is 4.25. The summed E-state index contributed by atoms with van der Waals surface area (Å²) < 4.78 is 5.13. The number of anilines is 1. The highest BCUT2D eigenvalue weighted by Crippen LogP contribution is 2.29. The molecule has 0 spiro atoms. The van der Waals surface area contributed by atoms with Gasteiger partial charge in [-0.15, -0.1) is 0 Å². The summed E-state index contributed by atoms with van der Waals surface area (Å²) in [6.07, 6.45) is 3.91. The van der Waals surface area contributed by atoms with Crippen LogP contribution in [0.25, 0.3) is 0 Å². The van der Waals surface area contributed by atoms with Crippen molar-refractivity contribution in [3.05, 3.63) is 28.8 Å².